The van der Waals surface area contributed by atoms with Crippen LogP contribution in [0.3, 0.4) is 0 Å². The summed E-state index contributed by atoms with van der Waals surface area (Å²) in [6, 6.07) is 15.0. The number of hydrogen-bond acceptors (Lipinski definition) is 5. The van der Waals surface area contributed by atoms with Gasteiger partial charge in [-0.1, -0.05) is 62.4 Å². The van der Waals surface area contributed by atoms with Gasteiger partial charge < -0.3 is 25.2 Å². The van der Waals surface area contributed by atoms with Crippen molar-refractivity contribution in [2.45, 2.75) is 51.7 Å². The average molecular weight is 483 g/mol. The molecule has 1 aliphatic rings. The molecule has 0 heterocycles. The molecule has 0 aliphatic heterocycles. The van der Waals surface area contributed by atoms with Crippen molar-refractivity contribution < 1.29 is 29.0 Å². The number of rotatable bonds is 11. The highest BCUT2D eigenvalue weighted by Gasteiger charge is 2.37. The summed E-state index contributed by atoms with van der Waals surface area (Å²) in [5.74, 6) is -1.60. The number of nitrogens with one attached hydrogen (secondary N) is 2. The molecule has 2 aromatic carbocycles. The van der Waals surface area contributed by atoms with Crippen molar-refractivity contribution >= 4 is 18.0 Å². The first-order valence-electron chi connectivity index (χ1n) is 11.9. The van der Waals surface area contributed by atoms with Crippen LogP contribution in [0.15, 0.2) is 48.5 Å². The molecule has 2 amide bonds. The van der Waals surface area contributed by atoms with Gasteiger partial charge in [-0.05, 0) is 42.0 Å². The number of hydrogen-bond donors (Lipinski definition) is 3. The highest BCUT2D eigenvalue weighted by Crippen LogP contribution is 2.44. The second-order valence-corrected chi connectivity index (χ2v) is 8.90. The molecule has 0 radical (unpaired) electrons. The maximum absolute atomic E-state index is 12.9. The summed E-state index contributed by atoms with van der Waals surface area (Å²) in [6.07, 6.45) is -0.670. The second kappa shape index (κ2) is 11.4. The molecule has 3 rings (SSSR count). The largest absolute Gasteiger partial charge is 0.481 e. The number of carboxylic acid groups (broad SMARTS) is 1. The van der Waals surface area contributed by atoms with Gasteiger partial charge in [-0.25, -0.2) is 4.79 Å². The van der Waals surface area contributed by atoms with Gasteiger partial charge in [-0.3, -0.25) is 9.59 Å². The van der Waals surface area contributed by atoms with Crippen molar-refractivity contribution in [1.29, 1.82) is 0 Å². The molecule has 2 unspecified atom stereocenters. The fraction of sp³-hybridized carbons (Fsp3) is 0.444. The molecule has 1 aliphatic carbocycles. The number of alkyl carbamates (subject to hydrolysis) is 1. The third kappa shape index (κ3) is 5.48. The van der Waals surface area contributed by atoms with Gasteiger partial charge >= 0.3 is 12.1 Å². The molecular formula is C27H34N2O6. The molecule has 2 aromatic rings. The van der Waals surface area contributed by atoms with Crippen LogP contribution < -0.4 is 10.6 Å². The molecule has 188 valence electrons. The van der Waals surface area contributed by atoms with Gasteiger partial charge in [0.15, 0.2) is 0 Å². The zero-order valence-electron chi connectivity index (χ0n) is 20.7. The number of methoxy groups -OCH3 is 1. The number of amides is 2. The normalized spacial score (nSPS) is 14.4. The Kier molecular flexibility index (Phi) is 8.51. The van der Waals surface area contributed by atoms with E-state index < -0.39 is 35.5 Å². The third-order valence-electron chi connectivity index (χ3n) is 7.15. The maximum atomic E-state index is 12.9. The van der Waals surface area contributed by atoms with Crippen LogP contribution in [0.5, 0.6) is 0 Å². The Morgan fingerprint density at radius 2 is 1.54 bits per heavy atom. The van der Waals surface area contributed by atoms with Crippen molar-refractivity contribution in [3.8, 4) is 11.1 Å². The Morgan fingerprint density at radius 3 is 2.03 bits per heavy atom. The Hall–Kier alpha value is -3.39. The molecule has 0 fully saturated rings. The summed E-state index contributed by atoms with van der Waals surface area (Å²) in [5, 5.41) is 14.9. The van der Waals surface area contributed by atoms with Gasteiger partial charge in [0.1, 0.15) is 12.6 Å². The number of ether oxygens (including phenoxy) is 2. The minimum absolute atomic E-state index is 0.0481. The predicted molar refractivity (Wildman–Crippen MR) is 132 cm³/mol. The van der Waals surface area contributed by atoms with E-state index in [2.05, 4.69) is 22.8 Å². The number of fused-ring (bicyclic) bond motifs is 3. The molecule has 3 N–H and O–H groups in total. The van der Waals surface area contributed by atoms with E-state index >= 15 is 0 Å². The van der Waals surface area contributed by atoms with Crippen molar-refractivity contribution in [2.75, 3.05) is 20.3 Å². The Morgan fingerprint density at radius 1 is 1.00 bits per heavy atom. The van der Waals surface area contributed by atoms with E-state index in [9.17, 15) is 19.5 Å². The van der Waals surface area contributed by atoms with Gasteiger partial charge in [0.25, 0.3) is 0 Å². The first kappa shape index (κ1) is 26.2. The van der Waals surface area contributed by atoms with E-state index in [-0.39, 0.29) is 19.1 Å². The fourth-order valence-electron chi connectivity index (χ4n) is 4.54. The molecule has 35 heavy (non-hydrogen) atoms. The van der Waals surface area contributed by atoms with Gasteiger partial charge in [0.2, 0.25) is 5.91 Å². The molecule has 0 saturated carbocycles. The van der Waals surface area contributed by atoms with Crippen molar-refractivity contribution in [3.63, 3.8) is 0 Å². The lowest BCUT2D eigenvalue weighted by Crippen LogP contribution is -2.55. The monoisotopic (exact) mass is 482 g/mol. The lowest BCUT2D eigenvalue weighted by atomic mass is 9.82. The van der Waals surface area contributed by atoms with E-state index in [1.165, 1.54) is 7.11 Å². The minimum Gasteiger partial charge on any atom is -0.481 e. The van der Waals surface area contributed by atoms with Crippen LogP contribution in [0.1, 0.15) is 50.7 Å². The smallest absolute Gasteiger partial charge is 0.407 e. The molecule has 2 atom stereocenters. The third-order valence-corrected chi connectivity index (χ3v) is 7.15. The molecule has 0 aromatic heterocycles. The van der Waals surface area contributed by atoms with E-state index in [1.807, 2.05) is 36.4 Å². The summed E-state index contributed by atoms with van der Waals surface area (Å²) >= 11 is 0. The van der Waals surface area contributed by atoms with Crippen LogP contribution >= 0.6 is 0 Å². The topological polar surface area (TPSA) is 114 Å². The lowest BCUT2D eigenvalue weighted by Gasteiger charge is -2.29. The Balaban J connectivity index is 1.66. The van der Waals surface area contributed by atoms with Gasteiger partial charge in [0.05, 0.1) is 11.5 Å². The molecule has 0 bridgehead atoms. The van der Waals surface area contributed by atoms with E-state index in [4.69, 9.17) is 9.47 Å². The Bertz CT molecular complexity index is 1020. The van der Waals surface area contributed by atoms with Crippen molar-refractivity contribution in [1.82, 2.24) is 10.6 Å². The summed E-state index contributed by atoms with van der Waals surface area (Å²) in [6.45, 7) is 5.26. The first-order chi connectivity index (χ1) is 16.8. The SMILES string of the molecule is CCC(CC)(CNC(=O)C(NC(=O)OCC1c2ccccc2-c2ccccc21)C(C)OC)C(=O)O. The lowest BCUT2D eigenvalue weighted by molar-refractivity contribution is -0.149. The number of aliphatic carboxylic acids is 1. The van der Waals surface area contributed by atoms with Crippen LogP contribution in [0.4, 0.5) is 4.79 Å². The first-order valence-corrected chi connectivity index (χ1v) is 11.9. The van der Waals surface area contributed by atoms with Crippen LogP contribution in [0.2, 0.25) is 0 Å². The molecule has 0 saturated heterocycles. The van der Waals surface area contributed by atoms with Gasteiger partial charge in [-0.2, -0.15) is 0 Å². The van der Waals surface area contributed by atoms with E-state index in [1.54, 1.807) is 20.8 Å². The molecular weight excluding hydrogens is 448 g/mol. The predicted octanol–water partition coefficient (Wildman–Crippen LogP) is 3.94. The van der Waals surface area contributed by atoms with E-state index in [0.717, 1.165) is 22.3 Å². The van der Waals surface area contributed by atoms with Crippen LogP contribution in [-0.2, 0) is 19.1 Å². The van der Waals surface area contributed by atoms with Crippen molar-refractivity contribution in [3.05, 3.63) is 59.7 Å². The van der Waals surface area contributed by atoms with Crippen LogP contribution in [-0.4, -0.2) is 55.5 Å². The number of carboxylic acids is 1. The van der Waals surface area contributed by atoms with Gasteiger partial charge in [-0.15, -0.1) is 0 Å². The minimum atomic E-state index is -1.07. The van der Waals surface area contributed by atoms with Crippen LogP contribution in [0, 0.1) is 5.41 Å². The molecule has 8 nitrogen and oxygen atoms in total. The molecule has 0 spiro atoms. The maximum Gasteiger partial charge on any atom is 0.407 e. The standard InChI is InChI=1S/C27H34N2O6/c1-5-27(6-2,25(31)32)16-28-24(30)23(17(3)34-4)29-26(33)35-15-22-20-13-9-7-11-18(20)19-12-8-10-14-21(19)22/h7-14,17,22-23H,5-6,15-16H2,1-4H3,(H,28,30)(H,29,33)(H,31,32). The van der Waals surface area contributed by atoms with Gasteiger partial charge in [0, 0.05) is 19.6 Å². The number of benzene rings is 2. The summed E-state index contributed by atoms with van der Waals surface area (Å²) in [7, 11) is 1.43. The summed E-state index contributed by atoms with van der Waals surface area (Å²) in [5.41, 5.74) is 3.35. The quantitative estimate of drug-likeness (QED) is 0.447. The number of carbonyl (C=O) groups is 3. The average Bonchev–Trinajstić information content (AvgIpc) is 3.19. The second-order valence-electron chi connectivity index (χ2n) is 8.90. The molecule has 8 heteroatoms. The summed E-state index contributed by atoms with van der Waals surface area (Å²) in [4.78, 5) is 37.4. The van der Waals surface area contributed by atoms with Crippen molar-refractivity contribution in [2.24, 2.45) is 5.41 Å². The highest BCUT2D eigenvalue weighted by molar-refractivity contribution is 5.87. The number of carbonyl (C=O) groups excluding carboxylic acids is 2. The zero-order chi connectivity index (χ0) is 25.6. The highest BCUT2D eigenvalue weighted by atomic mass is 16.5. The fourth-order valence-corrected chi connectivity index (χ4v) is 4.54. The van der Waals surface area contributed by atoms with E-state index in [0.29, 0.717) is 12.8 Å². The van der Waals surface area contributed by atoms with Crippen LogP contribution in [0.25, 0.3) is 11.1 Å². The zero-order valence-corrected chi connectivity index (χ0v) is 20.7. The summed E-state index contributed by atoms with van der Waals surface area (Å²) < 4.78 is 10.9. The Labute approximate surface area is 206 Å².